The topological polar surface area (TPSA) is 40.6 Å². The summed E-state index contributed by atoms with van der Waals surface area (Å²) >= 11 is 6.92. The third kappa shape index (κ3) is 3.44. The molecule has 1 atom stereocenters. The quantitative estimate of drug-likeness (QED) is 0.828. The fourth-order valence-corrected chi connectivity index (χ4v) is 5.75. The predicted molar refractivity (Wildman–Crippen MR) is 89.9 cm³/mol. The van der Waals surface area contributed by atoms with Crippen molar-refractivity contribution in [2.75, 3.05) is 26.7 Å². The van der Waals surface area contributed by atoms with Gasteiger partial charge in [-0.2, -0.15) is 4.31 Å². The SMILES string of the molecule is CN1CCN(S(=O)(=O)c2ccc(Cl)s2)CC1c1ccc(F)cc1. The Hall–Kier alpha value is -0.990. The van der Waals surface area contributed by atoms with E-state index in [2.05, 4.69) is 4.90 Å². The summed E-state index contributed by atoms with van der Waals surface area (Å²) in [7, 11) is -1.60. The zero-order valence-corrected chi connectivity index (χ0v) is 14.8. The van der Waals surface area contributed by atoms with Crippen LogP contribution in [0.15, 0.2) is 40.6 Å². The number of nitrogens with zero attached hydrogens (tertiary/aromatic N) is 2. The van der Waals surface area contributed by atoms with Gasteiger partial charge in [-0.15, -0.1) is 11.3 Å². The third-order valence-electron chi connectivity index (χ3n) is 4.01. The van der Waals surface area contributed by atoms with Crippen molar-refractivity contribution in [3.63, 3.8) is 0 Å². The van der Waals surface area contributed by atoms with Crippen LogP contribution in [0.3, 0.4) is 0 Å². The minimum atomic E-state index is -3.55. The predicted octanol–water partition coefficient (Wildman–Crippen LogP) is 3.22. The fraction of sp³-hybridized carbons (Fsp3) is 0.333. The number of rotatable bonds is 3. The smallest absolute Gasteiger partial charge is 0.252 e. The number of thiophene rings is 1. The van der Waals surface area contributed by atoms with Gasteiger partial charge in [0.25, 0.3) is 10.0 Å². The second kappa shape index (κ2) is 6.49. The zero-order chi connectivity index (χ0) is 16.6. The molecule has 1 fully saturated rings. The molecule has 0 spiro atoms. The van der Waals surface area contributed by atoms with E-state index in [-0.39, 0.29) is 16.1 Å². The summed E-state index contributed by atoms with van der Waals surface area (Å²) in [6, 6.07) is 9.23. The Bertz CT molecular complexity index is 792. The minimum absolute atomic E-state index is 0.102. The lowest BCUT2D eigenvalue weighted by Gasteiger charge is -2.38. The summed E-state index contributed by atoms with van der Waals surface area (Å²) in [5.41, 5.74) is 0.901. The molecule has 0 aliphatic carbocycles. The van der Waals surface area contributed by atoms with Crippen molar-refractivity contribution in [1.29, 1.82) is 0 Å². The second-order valence-electron chi connectivity index (χ2n) is 5.47. The molecule has 0 saturated carbocycles. The highest BCUT2D eigenvalue weighted by molar-refractivity contribution is 7.91. The summed E-state index contributed by atoms with van der Waals surface area (Å²) < 4.78 is 40.8. The summed E-state index contributed by atoms with van der Waals surface area (Å²) in [5.74, 6) is -0.301. The summed E-state index contributed by atoms with van der Waals surface area (Å²) in [5, 5.41) is 0. The van der Waals surface area contributed by atoms with Gasteiger partial charge in [0.1, 0.15) is 10.0 Å². The molecule has 0 bridgehead atoms. The van der Waals surface area contributed by atoms with Crippen LogP contribution in [0.5, 0.6) is 0 Å². The molecule has 0 N–H and O–H groups in total. The van der Waals surface area contributed by atoms with Gasteiger partial charge in [0.2, 0.25) is 0 Å². The fourth-order valence-electron chi connectivity index (χ4n) is 2.68. The molecule has 1 aromatic heterocycles. The molecular formula is C15H16ClFN2O2S2. The molecular weight excluding hydrogens is 359 g/mol. The molecule has 1 saturated heterocycles. The molecule has 1 aliphatic heterocycles. The van der Waals surface area contributed by atoms with Gasteiger partial charge in [0.15, 0.2) is 0 Å². The average molecular weight is 375 g/mol. The van der Waals surface area contributed by atoms with Gasteiger partial charge in [-0.25, -0.2) is 12.8 Å². The van der Waals surface area contributed by atoms with Gasteiger partial charge in [-0.05, 0) is 36.9 Å². The van der Waals surface area contributed by atoms with E-state index < -0.39 is 10.0 Å². The molecule has 1 unspecified atom stereocenters. The summed E-state index contributed by atoms with van der Waals surface area (Å²) in [4.78, 5) is 2.08. The number of sulfonamides is 1. The van der Waals surface area contributed by atoms with Gasteiger partial charge in [-0.3, -0.25) is 4.90 Å². The third-order valence-corrected chi connectivity index (χ3v) is 7.57. The first-order valence-electron chi connectivity index (χ1n) is 7.09. The van der Waals surface area contributed by atoms with Crippen LogP contribution in [0.25, 0.3) is 0 Å². The molecule has 3 rings (SSSR count). The van der Waals surface area contributed by atoms with Crippen LogP contribution in [0.4, 0.5) is 4.39 Å². The van der Waals surface area contributed by atoms with E-state index in [1.54, 1.807) is 18.2 Å². The van der Waals surface area contributed by atoms with Crippen LogP contribution in [0.2, 0.25) is 4.34 Å². The highest BCUT2D eigenvalue weighted by Crippen LogP contribution is 2.32. The van der Waals surface area contributed by atoms with Gasteiger partial charge in [-0.1, -0.05) is 23.7 Å². The Morgan fingerprint density at radius 1 is 1.17 bits per heavy atom. The van der Waals surface area contributed by atoms with E-state index in [0.29, 0.717) is 24.0 Å². The lowest BCUT2D eigenvalue weighted by Crippen LogP contribution is -2.48. The Morgan fingerprint density at radius 3 is 2.48 bits per heavy atom. The average Bonchev–Trinajstić information content (AvgIpc) is 2.96. The lowest BCUT2D eigenvalue weighted by molar-refractivity contribution is 0.148. The van der Waals surface area contributed by atoms with Crippen molar-refractivity contribution in [2.24, 2.45) is 0 Å². The Kier molecular flexibility index (Phi) is 4.75. The molecule has 1 aliphatic rings. The maximum absolute atomic E-state index is 13.1. The molecule has 23 heavy (non-hydrogen) atoms. The van der Waals surface area contributed by atoms with E-state index >= 15 is 0 Å². The standard InChI is InChI=1S/C15H16ClFN2O2S2/c1-18-8-9-19(23(20,21)15-7-6-14(16)22-15)10-13(18)11-2-4-12(17)5-3-11/h2-7,13H,8-10H2,1H3. The minimum Gasteiger partial charge on any atom is -0.297 e. The molecule has 1 aromatic carbocycles. The summed E-state index contributed by atoms with van der Waals surface area (Å²) in [6.45, 7) is 1.37. The van der Waals surface area contributed by atoms with Crippen molar-refractivity contribution < 1.29 is 12.8 Å². The van der Waals surface area contributed by atoms with E-state index in [1.807, 2.05) is 7.05 Å². The van der Waals surface area contributed by atoms with E-state index in [1.165, 1.54) is 22.5 Å². The molecule has 124 valence electrons. The maximum Gasteiger partial charge on any atom is 0.252 e. The van der Waals surface area contributed by atoms with E-state index in [9.17, 15) is 12.8 Å². The highest BCUT2D eigenvalue weighted by Gasteiger charge is 2.34. The number of benzene rings is 1. The maximum atomic E-state index is 13.1. The van der Waals surface area contributed by atoms with Crippen molar-refractivity contribution in [3.8, 4) is 0 Å². The monoisotopic (exact) mass is 374 g/mol. The Morgan fingerprint density at radius 2 is 1.87 bits per heavy atom. The first kappa shape index (κ1) is 16.9. The van der Waals surface area contributed by atoms with Crippen LogP contribution < -0.4 is 0 Å². The number of halogens is 2. The van der Waals surface area contributed by atoms with Crippen molar-refractivity contribution in [3.05, 3.63) is 52.1 Å². The van der Waals surface area contributed by atoms with Gasteiger partial charge in [0.05, 0.1) is 4.34 Å². The van der Waals surface area contributed by atoms with Crippen LogP contribution in [-0.2, 0) is 10.0 Å². The number of piperazine rings is 1. The molecule has 4 nitrogen and oxygen atoms in total. The first-order valence-corrected chi connectivity index (χ1v) is 9.72. The van der Waals surface area contributed by atoms with E-state index in [0.717, 1.165) is 16.9 Å². The number of likely N-dealkylation sites (N-methyl/N-ethyl adjacent to an activating group) is 1. The van der Waals surface area contributed by atoms with E-state index in [4.69, 9.17) is 11.6 Å². The van der Waals surface area contributed by atoms with Crippen LogP contribution in [0.1, 0.15) is 11.6 Å². The molecule has 0 amide bonds. The first-order chi connectivity index (χ1) is 10.9. The van der Waals surface area contributed by atoms with Gasteiger partial charge >= 0.3 is 0 Å². The van der Waals surface area contributed by atoms with Crippen molar-refractivity contribution in [2.45, 2.75) is 10.3 Å². The molecule has 0 radical (unpaired) electrons. The number of hydrogen-bond acceptors (Lipinski definition) is 4. The van der Waals surface area contributed by atoms with Crippen LogP contribution in [-0.4, -0.2) is 44.3 Å². The Balaban J connectivity index is 1.86. The lowest BCUT2D eigenvalue weighted by atomic mass is 10.0. The number of hydrogen-bond donors (Lipinski definition) is 0. The highest BCUT2D eigenvalue weighted by atomic mass is 35.5. The van der Waals surface area contributed by atoms with Crippen LogP contribution >= 0.6 is 22.9 Å². The molecule has 2 heterocycles. The van der Waals surface area contributed by atoms with Crippen molar-refractivity contribution >= 4 is 33.0 Å². The molecule has 2 aromatic rings. The summed E-state index contributed by atoms with van der Waals surface area (Å²) in [6.07, 6.45) is 0. The second-order valence-corrected chi connectivity index (χ2v) is 9.35. The normalized spacial score (nSPS) is 20.7. The van der Waals surface area contributed by atoms with Crippen molar-refractivity contribution in [1.82, 2.24) is 9.21 Å². The Labute approximate surface area is 144 Å². The van der Waals surface area contributed by atoms with Gasteiger partial charge < -0.3 is 0 Å². The largest absolute Gasteiger partial charge is 0.297 e. The zero-order valence-electron chi connectivity index (χ0n) is 12.4. The molecule has 8 heteroatoms. The van der Waals surface area contributed by atoms with Crippen LogP contribution in [0, 0.1) is 5.82 Å². The van der Waals surface area contributed by atoms with Gasteiger partial charge in [0, 0.05) is 25.7 Å².